The van der Waals surface area contributed by atoms with Crippen molar-refractivity contribution >= 4 is 17.4 Å². The number of fused-ring (bicyclic) bond motifs is 1. The van der Waals surface area contributed by atoms with Crippen molar-refractivity contribution in [2.45, 2.75) is 40.0 Å². The average Bonchev–Trinajstić information content (AvgIpc) is 3.04. The van der Waals surface area contributed by atoms with Crippen molar-refractivity contribution < 1.29 is 4.79 Å². The molecule has 1 aliphatic rings. The topological polar surface area (TPSA) is 79.5 Å². The van der Waals surface area contributed by atoms with Crippen molar-refractivity contribution in [3.05, 3.63) is 47.3 Å². The van der Waals surface area contributed by atoms with Gasteiger partial charge in [-0.2, -0.15) is 10.1 Å². The van der Waals surface area contributed by atoms with Crippen LogP contribution in [0, 0.1) is 20.8 Å². The van der Waals surface area contributed by atoms with Crippen LogP contribution in [-0.4, -0.2) is 61.6 Å². The van der Waals surface area contributed by atoms with Gasteiger partial charge >= 0.3 is 0 Å². The summed E-state index contributed by atoms with van der Waals surface area (Å²) in [6, 6.07) is 2.06. The van der Waals surface area contributed by atoms with Crippen LogP contribution in [0.25, 0.3) is 5.78 Å². The van der Waals surface area contributed by atoms with Crippen LogP contribution in [0.1, 0.15) is 35.4 Å². The van der Waals surface area contributed by atoms with Crippen molar-refractivity contribution in [3.8, 4) is 0 Å². The Labute approximate surface area is 170 Å². The van der Waals surface area contributed by atoms with E-state index in [0.717, 1.165) is 49.6 Å². The Morgan fingerprint density at radius 1 is 1.14 bits per heavy atom. The van der Waals surface area contributed by atoms with Crippen molar-refractivity contribution in [2.24, 2.45) is 0 Å². The highest BCUT2D eigenvalue weighted by molar-refractivity contribution is 5.76. The molecule has 29 heavy (non-hydrogen) atoms. The van der Waals surface area contributed by atoms with Gasteiger partial charge in [-0.15, -0.1) is 0 Å². The summed E-state index contributed by atoms with van der Waals surface area (Å²) in [7, 11) is 0. The van der Waals surface area contributed by atoms with E-state index >= 15 is 0 Å². The second-order valence-electron chi connectivity index (χ2n) is 7.62. The summed E-state index contributed by atoms with van der Waals surface area (Å²) in [5, 5.41) is 4.23. The number of hydrogen-bond acceptors (Lipinski definition) is 6. The molecule has 1 aliphatic heterocycles. The molecule has 0 aromatic carbocycles. The maximum absolute atomic E-state index is 12.9. The maximum Gasteiger partial charge on any atom is 0.252 e. The molecule has 152 valence electrons. The predicted octanol–water partition coefficient (Wildman–Crippen LogP) is 2.12. The van der Waals surface area contributed by atoms with Gasteiger partial charge in [-0.25, -0.2) is 9.50 Å². The zero-order valence-corrected chi connectivity index (χ0v) is 17.3. The first-order valence-electron chi connectivity index (χ1n) is 10.1. The SMILES string of the molecule is Cc1cnccc1N1CCCN(C(=O)CCc2c(C)nc3ncnn3c2C)CC1. The third-order valence-electron chi connectivity index (χ3n) is 5.76. The summed E-state index contributed by atoms with van der Waals surface area (Å²) < 4.78 is 1.74. The van der Waals surface area contributed by atoms with Crippen LogP contribution in [0.3, 0.4) is 0 Å². The number of aromatic nitrogens is 5. The lowest BCUT2D eigenvalue weighted by Crippen LogP contribution is -2.35. The molecule has 0 aliphatic carbocycles. The van der Waals surface area contributed by atoms with Gasteiger partial charge in [-0.05, 0) is 50.8 Å². The zero-order valence-electron chi connectivity index (χ0n) is 17.3. The van der Waals surface area contributed by atoms with E-state index in [1.54, 1.807) is 4.52 Å². The summed E-state index contributed by atoms with van der Waals surface area (Å²) in [4.78, 5) is 30.1. The minimum Gasteiger partial charge on any atom is -0.369 e. The molecule has 3 aromatic heterocycles. The van der Waals surface area contributed by atoms with Crippen LogP contribution < -0.4 is 4.90 Å². The Morgan fingerprint density at radius 3 is 2.83 bits per heavy atom. The van der Waals surface area contributed by atoms with Crippen molar-refractivity contribution in [1.29, 1.82) is 0 Å². The molecule has 0 atom stereocenters. The lowest BCUT2D eigenvalue weighted by molar-refractivity contribution is -0.130. The molecule has 0 spiro atoms. The molecule has 3 aromatic rings. The van der Waals surface area contributed by atoms with Gasteiger partial charge in [-0.1, -0.05) is 0 Å². The molecular formula is C21H27N7O. The highest BCUT2D eigenvalue weighted by Gasteiger charge is 2.21. The van der Waals surface area contributed by atoms with E-state index in [9.17, 15) is 4.79 Å². The van der Waals surface area contributed by atoms with Crippen molar-refractivity contribution in [2.75, 3.05) is 31.1 Å². The fourth-order valence-electron chi connectivity index (χ4n) is 4.14. The Kier molecular flexibility index (Phi) is 5.42. The molecule has 0 unspecified atom stereocenters. The number of carbonyl (C=O) groups is 1. The zero-order chi connectivity index (χ0) is 20.4. The van der Waals surface area contributed by atoms with Gasteiger partial charge in [0.15, 0.2) is 0 Å². The third-order valence-corrected chi connectivity index (χ3v) is 5.76. The average molecular weight is 393 g/mol. The summed E-state index contributed by atoms with van der Waals surface area (Å²) in [5.41, 5.74) is 5.40. The first kappa shape index (κ1) is 19.3. The minimum absolute atomic E-state index is 0.204. The van der Waals surface area contributed by atoms with Crippen LogP contribution in [0.2, 0.25) is 0 Å². The molecule has 0 bridgehead atoms. The van der Waals surface area contributed by atoms with E-state index in [0.29, 0.717) is 18.6 Å². The van der Waals surface area contributed by atoms with Gasteiger partial charge in [-0.3, -0.25) is 9.78 Å². The molecule has 0 saturated carbocycles. The van der Waals surface area contributed by atoms with E-state index in [4.69, 9.17) is 0 Å². The fourth-order valence-corrected chi connectivity index (χ4v) is 4.14. The van der Waals surface area contributed by atoms with E-state index in [1.807, 2.05) is 31.1 Å². The van der Waals surface area contributed by atoms with Gasteiger partial charge in [0.2, 0.25) is 5.91 Å². The molecule has 1 amide bonds. The summed E-state index contributed by atoms with van der Waals surface area (Å²) in [6.45, 7) is 9.43. The first-order valence-corrected chi connectivity index (χ1v) is 10.1. The highest BCUT2D eigenvalue weighted by atomic mass is 16.2. The molecule has 4 rings (SSSR count). The number of aryl methyl sites for hydroxylation is 3. The maximum atomic E-state index is 12.9. The number of rotatable bonds is 4. The van der Waals surface area contributed by atoms with Gasteiger partial charge in [0.05, 0.1) is 0 Å². The third kappa shape index (κ3) is 3.92. The molecule has 8 nitrogen and oxygen atoms in total. The van der Waals surface area contributed by atoms with Crippen LogP contribution >= 0.6 is 0 Å². The smallest absolute Gasteiger partial charge is 0.252 e. The minimum atomic E-state index is 0.204. The van der Waals surface area contributed by atoms with Crippen LogP contribution in [0.5, 0.6) is 0 Å². The fraction of sp³-hybridized carbons (Fsp3) is 0.476. The molecule has 4 heterocycles. The number of nitrogens with zero attached hydrogens (tertiary/aromatic N) is 7. The Balaban J connectivity index is 1.40. The highest BCUT2D eigenvalue weighted by Crippen LogP contribution is 2.21. The molecule has 0 radical (unpaired) electrons. The molecule has 0 N–H and O–H groups in total. The molecule has 1 fully saturated rings. The van der Waals surface area contributed by atoms with Gasteiger partial charge < -0.3 is 9.80 Å². The lowest BCUT2D eigenvalue weighted by Gasteiger charge is -2.25. The van der Waals surface area contributed by atoms with Crippen LogP contribution in [0.15, 0.2) is 24.8 Å². The number of hydrogen-bond donors (Lipinski definition) is 0. The van der Waals surface area contributed by atoms with Gasteiger partial charge in [0.1, 0.15) is 6.33 Å². The quantitative estimate of drug-likeness (QED) is 0.676. The summed E-state index contributed by atoms with van der Waals surface area (Å²) >= 11 is 0. The van der Waals surface area contributed by atoms with Crippen LogP contribution in [-0.2, 0) is 11.2 Å². The lowest BCUT2D eigenvalue weighted by atomic mass is 10.1. The van der Waals surface area contributed by atoms with Crippen molar-refractivity contribution in [1.82, 2.24) is 29.5 Å². The molecule has 1 saturated heterocycles. The Bertz CT molecular complexity index is 1030. The first-order chi connectivity index (χ1) is 14.0. The largest absolute Gasteiger partial charge is 0.369 e. The standard InChI is InChI=1S/C21H27N7O/c1-15-13-22-8-7-19(15)26-9-4-10-27(12-11-26)20(29)6-5-18-16(2)25-21-23-14-24-28(21)17(18)3/h7-8,13-14H,4-6,9-12H2,1-3H3. The van der Waals surface area contributed by atoms with Gasteiger partial charge in [0, 0.05) is 62.1 Å². The van der Waals surface area contributed by atoms with E-state index in [1.165, 1.54) is 17.6 Å². The monoisotopic (exact) mass is 393 g/mol. The normalized spacial score (nSPS) is 15.0. The second-order valence-corrected chi connectivity index (χ2v) is 7.62. The molecular weight excluding hydrogens is 366 g/mol. The number of pyridine rings is 1. The Hall–Kier alpha value is -3.03. The number of amides is 1. The van der Waals surface area contributed by atoms with Crippen LogP contribution in [0.4, 0.5) is 5.69 Å². The predicted molar refractivity (Wildman–Crippen MR) is 111 cm³/mol. The molecule has 8 heteroatoms. The number of carbonyl (C=O) groups excluding carboxylic acids is 1. The van der Waals surface area contributed by atoms with E-state index < -0.39 is 0 Å². The van der Waals surface area contributed by atoms with Gasteiger partial charge in [0.25, 0.3) is 5.78 Å². The van der Waals surface area contributed by atoms with E-state index in [-0.39, 0.29) is 5.91 Å². The van der Waals surface area contributed by atoms with Crippen molar-refractivity contribution in [3.63, 3.8) is 0 Å². The van der Waals surface area contributed by atoms with E-state index in [2.05, 4.69) is 37.9 Å². The summed E-state index contributed by atoms with van der Waals surface area (Å²) in [6.07, 6.45) is 7.37. The summed E-state index contributed by atoms with van der Waals surface area (Å²) in [5.74, 6) is 0.810. The number of anilines is 1. The Morgan fingerprint density at radius 2 is 2.00 bits per heavy atom. The second kappa shape index (κ2) is 8.14.